The number of amides is 2. The van der Waals surface area contributed by atoms with Crippen molar-refractivity contribution in [3.8, 4) is 0 Å². The maximum Gasteiger partial charge on any atom is 0.248 e. The van der Waals surface area contributed by atoms with Crippen molar-refractivity contribution >= 4 is 40.9 Å². The molecule has 1 saturated heterocycles. The lowest BCUT2D eigenvalue weighted by Gasteiger charge is -2.17. The lowest BCUT2D eigenvalue weighted by Crippen LogP contribution is -2.24. The van der Waals surface area contributed by atoms with Gasteiger partial charge in [-0.05, 0) is 57.0 Å². The van der Waals surface area contributed by atoms with Crippen LogP contribution in [0.4, 0.5) is 11.4 Å². The third kappa shape index (κ3) is 5.17. The number of nitrogens with one attached hydrogen (secondary N) is 1. The number of halogens is 1. The average Bonchev–Trinajstić information content (AvgIpc) is 3.31. The highest BCUT2D eigenvalue weighted by atomic mass is 35.5. The Labute approximate surface area is 198 Å². The van der Waals surface area contributed by atoms with Gasteiger partial charge in [-0.1, -0.05) is 41.4 Å². The highest BCUT2D eigenvalue weighted by Gasteiger charge is 2.23. The number of carbonyl (C=O) groups excluding carboxylic acids is 2. The third-order valence-electron chi connectivity index (χ3n) is 5.87. The molecule has 0 radical (unpaired) electrons. The van der Waals surface area contributed by atoms with E-state index in [1.165, 1.54) is 17.2 Å². The fourth-order valence-electron chi connectivity index (χ4n) is 4.02. The quantitative estimate of drug-likeness (QED) is 0.506. The van der Waals surface area contributed by atoms with Crippen LogP contribution in [-0.4, -0.2) is 28.1 Å². The number of benzene rings is 2. The van der Waals surface area contributed by atoms with Crippen LogP contribution >= 0.6 is 11.6 Å². The smallest absolute Gasteiger partial charge is 0.248 e. The number of aryl methyl sites for hydroxylation is 2. The van der Waals surface area contributed by atoms with E-state index in [2.05, 4.69) is 41.6 Å². The van der Waals surface area contributed by atoms with E-state index in [-0.39, 0.29) is 11.8 Å². The summed E-state index contributed by atoms with van der Waals surface area (Å²) in [6.45, 7) is 7.36. The molecule has 6 nitrogen and oxygen atoms in total. The van der Waals surface area contributed by atoms with Gasteiger partial charge in [0.05, 0.1) is 22.9 Å². The molecule has 2 heterocycles. The van der Waals surface area contributed by atoms with Crippen molar-refractivity contribution in [1.29, 1.82) is 0 Å². The van der Waals surface area contributed by atoms with Crippen LogP contribution in [0.2, 0.25) is 5.02 Å². The van der Waals surface area contributed by atoms with E-state index in [1.54, 1.807) is 29.2 Å². The molecule has 0 saturated carbocycles. The average molecular weight is 463 g/mol. The predicted molar refractivity (Wildman–Crippen MR) is 133 cm³/mol. The SMILES string of the molecule is Cc1ccc(Cn2nc(C)c(/C=C/C(=O)Nc3ccc(N4CCCC4=O)c(Cl)c3)c2C)cc1. The van der Waals surface area contributed by atoms with Crippen LogP contribution in [0.15, 0.2) is 48.5 Å². The van der Waals surface area contributed by atoms with Crippen molar-refractivity contribution in [2.45, 2.75) is 40.2 Å². The van der Waals surface area contributed by atoms with Gasteiger partial charge in [-0.25, -0.2) is 0 Å². The second kappa shape index (κ2) is 9.63. The fraction of sp³-hybridized carbons (Fsp3) is 0.269. The number of anilines is 2. The summed E-state index contributed by atoms with van der Waals surface area (Å²) < 4.78 is 1.95. The molecule has 33 heavy (non-hydrogen) atoms. The van der Waals surface area contributed by atoms with Crippen LogP contribution in [0.1, 0.15) is 40.9 Å². The number of hydrogen-bond donors (Lipinski definition) is 1. The minimum atomic E-state index is -0.263. The summed E-state index contributed by atoms with van der Waals surface area (Å²) in [4.78, 5) is 26.2. The zero-order chi connectivity index (χ0) is 23.5. The molecular weight excluding hydrogens is 436 g/mol. The van der Waals surface area contributed by atoms with Crippen LogP contribution in [0.25, 0.3) is 6.08 Å². The third-order valence-corrected chi connectivity index (χ3v) is 6.17. The molecule has 4 rings (SSSR count). The zero-order valence-electron chi connectivity index (χ0n) is 19.1. The molecule has 2 amide bonds. The van der Waals surface area contributed by atoms with E-state index in [4.69, 9.17) is 11.6 Å². The summed E-state index contributed by atoms with van der Waals surface area (Å²) in [6.07, 6.45) is 4.66. The van der Waals surface area contributed by atoms with E-state index in [1.807, 2.05) is 18.5 Å². The Morgan fingerprint density at radius 1 is 1.15 bits per heavy atom. The van der Waals surface area contributed by atoms with E-state index < -0.39 is 0 Å². The highest BCUT2D eigenvalue weighted by molar-refractivity contribution is 6.34. The molecule has 0 aliphatic carbocycles. The molecule has 7 heteroatoms. The van der Waals surface area contributed by atoms with Crippen molar-refractivity contribution < 1.29 is 9.59 Å². The Balaban J connectivity index is 1.43. The molecule has 1 N–H and O–H groups in total. The molecule has 0 unspecified atom stereocenters. The van der Waals surface area contributed by atoms with E-state index >= 15 is 0 Å². The van der Waals surface area contributed by atoms with Crippen LogP contribution < -0.4 is 10.2 Å². The molecule has 0 bridgehead atoms. The van der Waals surface area contributed by atoms with Gasteiger partial charge in [-0.15, -0.1) is 0 Å². The lowest BCUT2D eigenvalue weighted by molar-refractivity contribution is -0.117. The topological polar surface area (TPSA) is 67.2 Å². The minimum Gasteiger partial charge on any atom is -0.322 e. The molecule has 0 atom stereocenters. The number of rotatable bonds is 6. The first-order chi connectivity index (χ1) is 15.8. The molecule has 1 aliphatic rings. The first kappa shape index (κ1) is 22.8. The second-order valence-corrected chi connectivity index (χ2v) is 8.77. The normalized spacial score (nSPS) is 13.8. The Morgan fingerprint density at radius 3 is 2.58 bits per heavy atom. The minimum absolute atomic E-state index is 0.0743. The van der Waals surface area contributed by atoms with Crippen molar-refractivity contribution in [2.24, 2.45) is 0 Å². The fourth-order valence-corrected chi connectivity index (χ4v) is 4.30. The lowest BCUT2D eigenvalue weighted by atomic mass is 10.1. The van der Waals surface area contributed by atoms with E-state index in [9.17, 15) is 9.59 Å². The van der Waals surface area contributed by atoms with Gasteiger partial charge in [0.1, 0.15) is 0 Å². The Kier molecular flexibility index (Phi) is 6.65. The number of hydrogen-bond acceptors (Lipinski definition) is 3. The summed E-state index contributed by atoms with van der Waals surface area (Å²) in [7, 11) is 0. The molecule has 2 aromatic carbocycles. The first-order valence-corrected chi connectivity index (χ1v) is 11.4. The standard InChI is InChI=1S/C26H27ClN4O2/c1-17-6-8-20(9-7-17)16-31-19(3)22(18(2)29-31)11-13-25(32)28-21-10-12-24(23(27)15-21)30-14-4-5-26(30)33/h6-13,15H,4-5,14,16H2,1-3H3,(H,28,32)/b13-11+. The van der Waals surface area contributed by atoms with Crippen LogP contribution in [0.5, 0.6) is 0 Å². The van der Waals surface area contributed by atoms with Gasteiger partial charge in [0.2, 0.25) is 11.8 Å². The molecule has 1 aliphatic heterocycles. The highest BCUT2D eigenvalue weighted by Crippen LogP contribution is 2.31. The summed E-state index contributed by atoms with van der Waals surface area (Å²) in [5.41, 5.74) is 6.45. The predicted octanol–water partition coefficient (Wildman–Crippen LogP) is 5.29. The summed E-state index contributed by atoms with van der Waals surface area (Å²) in [6, 6.07) is 13.6. The van der Waals surface area contributed by atoms with Crippen LogP contribution in [0.3, 0.4) is 0 Å². The molecule has 1 fully saturated rings. The van der Waals surface area contributed by atoms with Crippen molar-refractivity contribution in [1.82, 2.24) is 9.78 Å². The van der Waals surface area contributed by atoms with Crippen LogP contribution in [-0.2, 0) is 16.1 Å². The summed E-state index contributed by atoms with van der Waals surface area (Å²) in [5.74, 6) is -0.188. The Bertz CT molecular complexity index is 1230. The molecule has 3 aromatic rings. The summed E-state index contributed by atoms with van der Waals surface area (Å²) in [5, 5.41) is 7.91. The van der Waals surface area contributed by atoms with Crippen molar-refractivity contribution in [3.63, 3.8) is 0 Å². The van der Waals surface area contributed by atoms with Crippen LogP contribution in [0, 0.1) is 20.8 Å². The first-order valence-electron chi connectivity index (χ1n) is 11.0. The molecular formula is C26H27ClN4O2. The zero-order valence-corrected chi connectivity index (χ0v) is 19.8. The largest absolute Gasteiger partial charge is 0.322 e. The Hall–Kier alpha value is -3.38. The number of aromatic nitrogens is 2. The van der Waals surface area contributed by atoms with Gasteiger partial charge in [0.25, 0.3) is 0 Å². The van der Waals surface area contributed by atoms with Crippen molar-refractivity contribution in [3.05, 3.63) is 81.6 Å². The maximum absolute atomic E-state index is 12.5. The van der Waals surface area contributed by atoms with Gasteiger partial charge < -0.3 is 10.2 Å². The number of carbonyl (C=O) groups is 2. The summed E-state index contributed by atoms with van der Waals surface area (Å²) >= 11 is 6.38. The van der Waals surface area contributed by atoms with Gasteiger partial charge in [-0.3, -0.25) is 14.3 Å². The van der Waals surface area contributed by atoms with Gasteiger partial charge in [-0.2, -0.15) is 5.10 Å². The molecule has 0 spiro atoms. The monoisotopic (exact) mass is 462 g/mol. The van der Waals surface area contributed by atoms with Gasteiger partial charge in [0, 0.05) is 36.0 Å². The molecule has 170 valence electrons. The van der Waals surface area contributed by atoms with Gasteiger partial charge in [0.15, 0.2) is 0 Å². The van der Waals surface area contributed by atoms with E-state index in [0.717, 1.165) is 23.4 Å². The van der Waals surface area contributed by atoms with Gasteiger partial charge >= 0.3 is 0 Å². The Morgan fingerprint density at radius 2 is 1.91 bits per heavy atom. The maximum atomic E-state index is 12.5. The van der Waals surface area contributed by atoms with Crippen molar-refractivity contribution in [2.75, 3.05) is 16.8 Å². The second-order valence-electron chi connectivity index (χ2n) is 8.37. The number of nitrogens with zero attached hydrogens (tertiary/aromatic N) is 3. The molecule has 1 aromatic heterocycles. The van der Waals surface area contributed by atoms with E-state index in [0.29, 0.717) is 35.9 Å².